The molecule has 37 heavy (non-hydrogen) atoms. The number of benzene rings is 3. The highest BCUT2D eigenvalue weighted by atomic mass is 16.5. The number of hydrogen-bond acceptors (Lipinski definition) is 5. The predicted molar refractivity (Wildman–Crippen MR) is 139 cm³/mol. The smallest absolute Gasteiger partial charge is 0.325 e. The quantitative estimate of drug-likeness (QED) is 0.479. The zero-order valence-electron chi connectivity index (χ0n) is 20.5. The third kappa shape index (κ3) is 5.23. The molecule has 0 aromatic heterocycles. The van der Waals surface area contributed by atoms with Crippen molar-refractivity contribution in [1.29, 1.82) is 0 Å². The van der Waals surface area contributed by atoms with Crippen molar-refractivity contribution in [1.82, 2.24) is 15.2 Å². The first kappa shape index (κ1) is 24.2. The van der Waals surface area contributed by atoms with Gasteiger partial charge in [-0.2, -0.15) is 5.10 Å². The number of nitrogens with zero attached hydrogens (tertiary/aromatic N) is 3. The highest BCUT2D eigenvalue weighted by molar-refractivity contribution is 6.07. The van der Waals surface area contributed by atoms with Gasteiger partial charge < -0.3 is 10.1 Å². The van der Waals surface area contributed by atoms with Crippen molar-refractivity contribution in [3.8, 4) is 5.75 Å². The van der Waals surface area contributed by atoms with E-state index in [0.717, 1.165) is 27.3 Å². The lowest BCUT2D eigenvalue weighted by Gasteiger charge is -2.24. The average Bonchev–Trinajstić information content (AvgIpc) is 3.50. The molecular formula is C29H28N4O4. The number of ether oxygens (including phenoxy) is 1. The lowest BCUT2D eigenvalue weighted by Crippen LogP contribution is -2.41. The molecule has 8 heteroatoms. The first-order chi connectivity index (χ1) is 18.0. The molecule has 0 bridgehead atoms. The van der Waals surface area contributed by atoms with Crippen LogP contribution in [0.1, 0.15) is 35.6 Å². The maximum absolute atomic E-state index is 13.5. The van der Waals surface area contributed by atoms with Gasteiger partial charge >= 0.3 is 6.03 Å². The molecule has 8 nitrogen and oxygen atoms in total. The van der Waals surface area contributed by atoms with Gasteiger partial charge in [0.2, 0.25) is 0 Å². The Balaban J connectivity index is 1.32. The topological polar surface area (TPSA) is 91.3 Å². The van der Waals surface area contributed by atoms with Crippen LogP contribution in [-0.2, 0) is 16.0 Å². The number of urea groups is 1. The maximum atomic E-state index is 13.5. The summed E-state index contributed by atoms with van der Waals surface area (Å²) in [7, 11) is 1.60. The Hall–Kier alpha value is -4.46. The highest BCUT2D eigenvalue weighted by Gasteiger charge is 2.41. The van der Waals surface area contributed by atoms with Crippen molar-refractivity contribution in [2.24, 2.45) is 5.10 Å². The van der Waals surface area contributed by atoms with Gasteiger partial charge in [-0.15, -0.1) is 0 Å². The molecule has 2 aliphatic rings. The molecule has 4 amide bonds. The number of carbonyl (C=O) groups is 3. The van der Waals surface area contributed by atoms with Crippen LogP contribution < -0.4 is 10.1 Å². The fourth-order valence-corrected chi connectivity index (χ4v) is 4.72. The van der Waals surface area contributed by atoms with E-state index >= 15 is 0 Å². The third-order valence-corrected chi connectivity index (χ3v) is 6.74. The molecule has 0 radical (unpaired) electrons. The van der Waals surface area contributed by atoms with Crippen LogP contribution in [0, 0.1) is 0 Å². The summed E-state index contributed by atoms with van der Waals surface area (Å²) in [5.41, 5.74) is 3.67. The average molecular weight is 497 g/mol. The van der Waals surface area contributed by atoms with Crippen LogP contribution in [0.5, 0.6) is 5.75 Å². The van der Waals surface area contributed by atoms with Crippen molar-refractivity contribution in [2.45, 2.75) is 31.3 Å². The summed E-state index contributed by atoms with van der Waals surface area (Å²) < 4.78 is 5.27. The fraction of sp³-hybridized carbons (Fsp3) is 0.241. The van der Waals surface area contributed by atoms with E-state index in [1.165, 1.54) is 5.01 Å². The van der Waals surface area contributed by atoms with Crippen LogP contribution >= 0.6 is 0 Å². The summed E-state index contributed by atoms with van der Waals surface area (Å²) in [6.45, 7) is -0.370. The molecule has 1 N–H and O–H groups in total. The standard InChI is InChI=1S/C29H28N4O4/c1-37-23-15-13-22(14-16-23)26-18-25(21-10-6-3-7-11-21)31-33(26)27(34)19-32-28(35)24(30-29(32)36)17-12-20-8-4-2-5-9-20/h2-11,13-16,24,26H,12,17-19H2,1H3,(H,30,36)/t24-,26-/m0/s1. The van der Waals surface area contributed by atoms with Crippen LogP contribution in [-0.4, -0.2) is 53.2 Å². The molecule has 2 aliphatic heterocycles. The van der Waals surface area contributed by atoms with Gasteiger partial charge in [0.15, 0.2) is 0 Å². The van der Waals surface area contributed by atoms with Crippen LogP contribution in [0.15, 0.2) is 90.0 Å². The Kier molecular flexibility index (Phi) is 6.98. The molecule has 3 aromatic carbocycles. The minimum atomic E-state index is -0.653. The van der Waals surface area contributed by atoms with E-state index in [9.17, 15) is 14.4 Å². The predicted octanol–water partition coefficient (Wildman–Crippen LogP) is 3.93. The summed E-state index contributed by atoms with van der Waals surface area (Å²) in [6.07, 6.45) is 1.63. The molecule has 2 atom stereocenters. The molecule has 188 valence electrons. The normalized spacial score (nSPS) is 19.1. The minimum absolute atomic E-state index is 0.358. The molecule has 0 aliphatic carbocycles. The van der Waals surface area contributed by atoms with Gasteiger partial charge in [0.1, 0.15) is 18.3 Å². The van der Waals surface area contributed by atoms with Crippen molar-refractivity contribution in [2.75, 3.05) is 13.7 Å². The summed E-state index contributed by atoms with van der Waals surface area (Å²) in [5, 5.41) is 8.78. The molecule has 0 saturated carbocycles. The summed E-state index contributed by atoms with van der Waals surface area (Å²) in [6, 6.07) is 25.4. The Morgan fingerprint density at radius 2 is 1.65 bits per heavy atom. The number of aryl methyl sites for hydroxylation is 1. The summed E-state index contributed by atoms with van der Waals surface area (Å²) in [5.74, 6) is -0.0922. The molecule has 2 heterocycles. The van der Waals surface area contributed by atoms with Crippen LogP contribution in [0.25, 0.3) is 0 Å². The van der Waals surface area contributed by atoms with Crippen molar-refractivity contribution < 1.29 is 19.1 Å². The summed E-state index contributed by atoms with van der Waals surface area (Å²) in [4.78, 5) is 40.1. The van der Waals surface area contributed by atoms with Crippen LogP contribution in [0.2, 0.25) is 0 Å². The SMILES string of the molecule is COc1ccc([C@@H]2CC(c3ccccc3)=NN2C(=O)CN2C(=O)N[C@@H](CCc3ccccc3)C2=O)cc1. The van der Waals surface area contributed by atoms with E-state index in [0.29, 0.717) is 25.0 Å². The van der Waals surface area contributed by atoms with Crippen LogP contribution in [0.4, 0.5) is 4.79 Å². The first-order valence-electron chi connectivity index (χ1n) is 12.3. The van der Waals surface area contributed by atoms with Gasteiger partial charge in [0.25, 0.3) is 11.8 Å². The Morgan fingerprint density at radius 1 is 0.973 bits per heavy atom. The molecule has 5 rings (SSSR count). The Morgan fingerprint density at radius 3 is 2.32 bits per heavy atom. The van der Waals surface area contributed by atoms with E-state index in [1.54, 1.807) is 7.11 Å². The zero-order valence-corrected chi connectivity index (χ0v) is 20.5. The number of amides is 4. The van der Waals surface area contributed by atoms with E-state index < -0.39 is 18.0 Å². The van der Waals surface area contributed by atoms with Crippen LogP contribution in [0.3, 0.4) is 0 Å². The maximum Gasteiger partial charge on any atom is 0.325 e. The van der Waals surface area contributed by atoms with Crippen molar-refractivity contribution in [3.63, 3.8) is 0 Å². The second-order valence-corrected chi connectivity index (χ2v) is 9.09. The Labute approximate surface area is 215 Å². The van der Waals surface area contributed by atoms with E-state index in [4.69, 9.17) is 4.74 Å². The number of hydrogen-bond donors (Lipinski definition) is 1. The monoisotopic (exact) mass is 496 g/mol. The third-order valence-electron chi connectivity index (χ3n) is 6.74. The van der Waals surface area contributed by atoms with E-state index in [-0.39, 0.29) is 18.5 Å². The van der Waals surface area contributed by atoms with Gasteiger partial charge in [-0.1, -0.05) is 72.8 Å². The zero-order chi connectivity index (χ0) is 25.8. The highest BCUT2D eigenvalue weighted by Crippen LogP contribution is 2.34. The number of rotatable bonds is 8. The fourth-order valence-electron chi connectivity index (χ4n) is 4.72. The number of carbonyl (C=O) groups excluding carboxylic acids is 3. The Bertz CT molecular complexity index is 1310. The number of imide groups is 1. The van der Waals surface area contributed by atoms with Gasteiger partial charge in [-0.3, -0.25) is 14.5 Å². The lowest BCUT2D eigenvalue weighted by molar-refractivity contribution is -0.138. The van der Waals surface area contributed by atoms with E-state index in [1.807, 2.05) is 84.9 Å². The second-order valence-electron chi connectivity index (χ2n) is 9.09. The minimum Gasteiger partial charge on any atom is -0.497 e. The van der Waals surface area contributed by atoms with Gasteiger partial charge in [-0.25, -0.2) is 9.80 Å². The second kappa shape index (κ2) is 10.7. The van der Waals surface area contributed by atoms with Gasteiger partial charge in [0.05, 0.1) is 18.9 Å². The first-order valence-corrected chi connectivity index (χ1v) is 12.3. The summed E-state index contributed by atoms with van der Waals surface area (Å²) >= 11 is 0. The molecule has 0 spiro atoms. The molecule has 0 unspecified atom stereocenters. The molecule has 1 fully saturated rings. The lowest BCUT2D eigenvalue weighted by atomic mass is 9.98. The van der Waals surface area contributed by atoms with Gasteiger partial charge in [-0.05, 0) is 41.7 Å². The number of hydrazone groups is 1. The molecular weight excluding hydrogens is 468 g/mol. The molecule has 1 saturated heterocycles. The number of nitrogens with one attached hydrogen (secondary N) is 1. The largest absolute Gasteiger partial charge is 0.497 e. The van der Waals surface area contributed by atoms with E-state index in [2.05, 4.69) is 10.4 Å². The molecule has 3 aromatic rings. The number of methoxy groups -OCH3 is 1. The van der Waals surface area contributed by atoms with Crippen molar-refractivity contribution in [3.05, 3.63) is 102 Å². The van der Waals surface area contributed by atoms with Crippen molar-refractivity contribution >= 4 is 23.6 Å². The van der Waals surface area contributed by atoms with Gasteiger partial charge in [0, 0.05) is 6.42 Å².